The predicted octanol–water partition coefficient (Wildman–Crippen LogP) is 0.867. The van der Waals surface area contributed by atoms with Crippen molar-refractivity contribution in [3.8, 4) is 18.4 Å². The molecule has 18 heavy (non-hydrogen) atoms. The van der Waals surface area contributed by atoms with Gasteiger partial charge in [-0.05, 0) is 17.7 Å². The highest BCUT2D eigenvalue weighted by Gasteiger charge is 2.17. The Morgan fingerprint density at radius 3 is 2.94 bits per heavy atom. The fraction of sp³-hybridized carbons (Fsp3) is 0.286. The van der Waals surface area contributed by atoms with Crippen molar-refractivity contribution < 1.29 is 4.79 Å². The molecule has 0 aliphatic rings. The zero-order valence-electron chi connectivity index (χ0n) is 10.3. The van der Waals surface area contributed by atoms with E-state index in [2.05, 4.69) is 12.0 Å². The molecule has 0 heterocycles. The number of rotatable bonds is 4. The van der Waals surface area contributed by atoms with E-state index in [0.29, 0.717) is 12.1 Å². The molecule has 92 valence electrons. The molecule has 0 spiro atoms. The number of amides is 1. The maximum atomic E-state index is 11.8. The van der Waals surface area contributed by atoms with Crippen LogP contribution in [-0.2, 0) is 11.3 Å². The number of nitrogens with two attached hydrogens (primary N) is 1. The summed E-state index contributed by atoms with van der Waals surface area (Å²) in [6.07, 6.45) is 5.34. The number of nitriles is 1. The molecule has 1 unspecified atom stereocenters. The standard InChI is InChI=1S/C14H15N3O/c1-3-5-13(16)14(18)17(2)10-12-7-4-6-11(8-12)9-15/h1,4,6-8,13H,5,10,16H2,2H3. The van der Waals surface area contributed by atoms with Gasteiger partial charge in [0.2, 0.25) is 5.91 Å². The predicted molar refractivity (Wildman–Crippen MR) is 69.1 cm³/mol. The molecule has 1 aromatic rings. The summed E-state index contributed by atoms with van der Waals surface area (Å²) < 4.78 is 0. The number of terminal acetylenes is 1. The first-order valence-corrected chi connectivity index (χ1v) is 5.51. The Balaban J connectivity index is 2.70. The minimum atomic E-state index is -0.667. The third-order valence-electron chi connectivity index (χ3n) is 2.51. The Bertz CT molecular complexity index is 511. The van der Waals surface area contributed by atoms with E-state index in [-0.39, 0.29) is 12.3 Å². The summed E-state index contributed by atoms with van der Waals surface area (Å²) >= 11 is 0. The zero-order valence-corrected chi connectivity index (χ0v) is 10.3. The number of carbonyl (C=O) groups is 1. The SMILES string of the molecule is C#CCC(N)C(=O)N(C)Cc1cccc(C#N)c1. The molecule has 1 aromatic carbocycles. The van der Waals surface area contributed by atoms with E-state index < -0.39 is 6.04 Å². The summed E-state index contributed by atoms with van der Waals surface area (Å²) in [4.78, 5) is 13.3. The number of hydrogen-bond donors (Lipinski definition) is 1. The van der Waals surface area contributed by atoms with E-state index in [1.165, 1.54) is 4.90 Å². The number of likely N-dealkylation sites (N-methyl/N-ethyl adjacent to an activating group) is 1. The molecule has 2 N–H and O–H groups in total. The van der Waals surface area contributed by atoms with Crippen molar-refractivity contribution in [2.24, 2.45) is 5.73 Å². The van der Waals surface area contributed by atoms with Gasteiger partial charge in [0.25, 0.3) is 0 Å². The Hall–Kier alpha value is -2.30. The lowest BCUT2D eigenvalue weighted by Gasteiger charge is -2.20. The van der Waals surface area contributed by atoms with Crippen LogP contribution in [-0.4, -0.2) is 23.9 Å². The van der Waals surface area contributed by atoms with Crippen LogP contribution in [0.1, 0.15) is 17.5 Å². The Kier molecular flexibility index (Phi) is 4.92. The van der Waals surface area contributed by atoms with E-state index in [4.69, 9.17) is 17.4 Å². The molecule has 0 aliphatic heterocycles. The molecule has 4 nitrogen and oxygen atoms in total. The highest BCUT2D eigenvalue weighted by molar-refractivity contribution is 5.81. The fourth-order valence-electron chi connectivity index (χ4n) is 1.59. The molecule has 1 rings (SSSR count). The third kappa shape index (κ3) is 3.62. The Morgan fingerprint density at radius 1 is 1.61 bits per heavy atom. The molecule has 0 saturated carbocycles. The van der Waals surface area contributed by atoms with Gasteiger partial charge in [-0.2, -0.15) is 5.26 Å². The van der Waals surface area contributed by atoms with Crippen LogP contribution in [0.25, 0.3) is 0 Å². The van der Waals surface area contributed by atoms with E-state index in [1.54, 1.807) is 25.2 Å². The van der Waals surface area contributed by atoms with Crippen molar-refractivity contribution in [1.82, 2.24) is 4.90 Å². The van der Waals surface area contributed by atoms with Gasteiger partial charge in [-0.25, -0.2) is 0 Å². The van der Waals surface area contributed by atoms with E-state index in [1.807, 2.05) is 6.07 Å². The first kappa shape index (κ1) is 13.8. The maximum Gasteiger partial charge on any atom is 0.240 e. The summed E-state index contributed by atoms with van der Waals surface area (Å²) in [7, 11) is 1.66. The van der Waals surface area contributed by atoms with Crippen LogP contribution in [0.5, 0.6) is 0 Å². The van der Waals surface area contributed by atoms with Crippen LogP contribution in [0, 0.1) is 23.7 Å². The van der Waals surface area contributed by atoms with Crippen LogP contribution in [0.3, 0.4) is 0 Å². The molecule has 1 atom stereocenters. The average Bonchev–Trinajstić information content (AvgIpc) is 2.38. The summed E-state index contributed by atoms with van der Waals surface area (Å²) in [6.45, 7) is 0.409. The minimum Gasteiger partial charge on any atom is -0.340 e. The summed E-state index contributed by atoms with van der Waals surface area (Å²) in [5.41, 5.74) is 7.11. The molecule has 0 bridgehead atoms. The second-order valence-electron chi connectivity index (χ2n) is 4.02. The lowest BCUT2D eigenvalue weighted by Crippen LogP contribution is -2.41. The quantitative estimate of drug-likeness (QED) is 0.795. The average molecular weight is 241 g/mol. The van der Waals surface area contributed by atoms with Crippen molar-refractivity contribution >= 4 is 5.91 Å². The lowest BCUT2D eigenvalue weighted by atomic mass is 10.1. The van der Waals surface area contributed by atoms with Crippen LogP contribution >= 0.6 is 0 Å². The summed E-state index contributed by atoms with van der Waals surface area (Å²) in [6, 6.07) is 8.50. The zero-order chi connectivity index (χ0) is 13.5. The number of carbonyl (C=O) groups excluding carboxylic acids is 1. The van der Waals surface area contributed by atoms with Crippen molar-refractivity contribution in [2.75, 3.05) is 7.05 Å². The van der Waals surface area contributed by atoms with Gasteiger partial charge < -0.3 is 10.6 Å². The van der Waals surface area contributed by atoms with Crippen LogP contribution in [0.15, 0.2) is 24.3 Å². The van der Waals surface area contributed by atoms with Crippen LogP contribution in [0.4, 0.5) is 0 Å². The van der Waals surface area contributed by atoms with Gasteiger partial charge in [0.15, 0.2) is 0 Å². The molecule has 0 saturated heterocycles. The molecular formula is C14H15N3O. The molecular weight excluding hydrogens is 226 g/mol. The van der Waals surface area contributed by atoms with Gasteiger partial charge in [-0.3, -0.25) is 4.79 Å². The van der Waals surface area contributed by atoms with Gasteiger partial charge in [0, 0.05) is 20.0 Å². The molecule has 0 aliphatic carbocycles. The normalized spacial score (nSPS) is 11.1. The molecule has 0 aromatic heterocycles. The molecule has 1 amide bonds. The van der Waals surface area contributed by atoms with Gasteiger partial charge >= 0.3 is 0 Å². The highest BCUT2D eigenvalue weighted by Crippen LogP contribution is 2.07. The maximum absolute atomic E-state index is 11.8. The monoisotopic (exact) mass is 241 g/mol. The first-order valence-electron chi connectivity index (χ1n) is 5.51. The van der Waals surface area contributed by atoms with Crippen molar-refractivity contribution in [3.63, 3.8) is 0 Å². The van der Waals surface area contributed by atoms with E-state index in [9.17, 15) is 4.79 Å². The molecule has 0 fully saturated rings. The third-order valence-corrected chi connectivity index (χ3v) is 2.51. The first-order chi connectivity index (χ1) is 8.58. The summed E-state index contributed by atoms with van der Waals surface area (Å²) in [5.74, 6) is 2.17. The van der Waals surface area contributed by atoms with E-state index in [0.717, 1.165) is 5.56 Å². The Morgan fingerprint density at radius 2 is 2.33 bits per heavy atom. The minimum absolute atomic E-state index is 0.199. The largest absolute Gasteiger partial charge is 0.340 e. The van der Waals surface area contributed by atoms with Crippen molar-refractivity contribution in [3.05, 3.63) is 35.4 Å². The number of nitrogens with zero attached hydrogens (tertiary/aromatic N) is 2. The second kappa shape index (κ2) is 6.44. The molecule has 4 heteroatoms. The topological polar surface area (TPSA) is 70.1 Å². The van der Waals surface area contributed by atoms with Gasteiger partial charge in [0.1, 0.15) is 0 Å². The van der Waals surface area contributed by atoms with Gasteiger partial charge in [-0.15, -0.1) is 12.3 Å². The number of benzene rings is 1. The van der Waals surface area contributed by atoms with Gasteiger partial charge in [-0.1, -0.05) is 12.1 Å². The Labute approximate surface area is 107 Å². The van der Waals surface area contributed by atoms with Crippen LogP contribution < -0.4 is 5.73 Å². The van der Waals surface area contributed by atoms with Crippen molar-refractivity contribution in [1.29, 1.82) is 5.26 Å². The molecule has 0 radical (unpaired) electrons. The number of hydrogen-bond acceptors (Lipinski definition) is 3. The fourth-order valence-corrected chi connectivity index (χ4v) is 1.59. The smallest absolute Gasteiger partial charge is 0.240 e. The highest BCUT2D eigenvalue weighted by atomic mass is 16.2. The lowest BCUT2D eigenvalue weighted by molar-refractivity contribution is -0.131. The second-order valence-corrected chi connectivity index (χ2v) is 4.02. The summed E-state index contributed by atoms with van der Waals surface area (Å²) in [5, 5.41) is 8.79. The van der Waals surface area contributed by atoms with Crippen LogP contribution in [0.2, 0.25) is 0 Å². The van der Waals surface area contributed by atoms with Gasteiger partial charge in [0.05, 0.1) is 17.7 Å². The van der Waals surface area contributed by atoms with Crippen molar-refractivity contribution in [2.45, 2.75) is 19.0 Å². The van der Waals surface area contributed by atoms with E-state index >= 15 is 0 Å².